The maximum absolute atomic E-state index is 11.9. The van der Waals surface area contributed by atoms with Gasteiger partial charge < -0.3 is 15.4 Å². The molecule has 1 heterocycles. The van der Waals surface area contributed by atoms with Gasteiger partial charge in [-0.3, -0.25) is 4.79 Å². The van der Waals surface area contributed by atoms with Crippen LogP contribution in [0.4, 0.5) is 5.69 Å². The number of anilines is 1. The number of hydrogen-bond donors (Lipinski definition) is 1. The minimum absolute atomic E-state index is 0.0274. The molecule has 5 nitrogen and oxygen atoms in total. The summed E-state index contributed by atoms with van der Waals surface area (Å²) in [6.07, 6.45) is 3.29. The summed E-state index contributed by atoms with van der Waals surface area (Å²) in [7, 11) is 0. The third-order valence-corrected chi connectivity index (χ3v) is 3.18. The number of nitrogens with zero attached hydrogens (tertiary/aromatic N) is 2. The molecule has 2 N–H and O–H groups in total. The van der Waals surface area contributed by atoms with E-state index in [1.807, 2.05) is 11.0 Å². The second-order valence-corrected chi connectivity index (χ2v) is 4.60. The first-order chi connectivity index (χ1) is 9.20. The summed E-state index contributed by atoms with van der Waals surface area (Å²) >= 11 is 0. The molecule has 100 valence electrons. The predicted molar refractivity (Wildman–Crippen MR) is 71.5 cm³/mol. The molecule has 0 bridgehead atoms. The van der Waals surface area contributed by atoms with Crippen LogP contribution in [0.5, 0.6) is 5.75 Å². The lowest BCUT2D eigenvalue weighted by Crippen LogP contribution is -2.38. The second-order valence-electron chi connectivity index (χ2n) is 4.60. The lowest BCUT2D eigenvalue weighted by molar-refractivity contribution is -0.134. The van der Waals surface area contributed by atoms with Crippen LogP contribution in [0.1, 0.15) is 24.8 Å². The van der Waals surface area contributed by atoms with Crippen LogP contribution in [0.25, 0.3) is 0 Å². The van der Waals surface area contributed by atoms with Crippen LogP contribution in [0.15, 0.2) is 18.2 Å². The van der Waals surface area contributed by atoms with Gasteiger partial charge in [0.1, 0.15) is 11.8 Å². The smallest absolute Gasteiger partial charge is 0.260 e. The van der Waals surface area contributed by atoms with E-state index in [-0.39, 0.29) is 12.5 Å². The number of piperidine rings is 1. The molecule has 0 spiro atoms. The first-order valence-electron chi connectivity index (χ1n) is 6.41. The Hall–Kier alpha value is -2.22. The average Bonchev–Trinajstić information content (AvgIpc) is 2.46. The van der Waals surface area contributed by atoms with Crippen molar-refractivity contribution in [3.63, 3.8) is 0 Å². The highest BCUT2D eigenvalue weighted by Crippen LogP contribution is 2.20. The largest absolute Gasteiger partial charge is 0.482 e. The Kier molecular flexibility index (Phi) is 4.24. The topological polar surface area (TPSA) is 79.4 Å². The van der Waals surface area contributed by atoms with Crippen LogP contribution in [-0.2, 0) is 4.79 Å². The van der Waals surface area contributed by atoms with E-state index < -0.39 is 0 Å². The molecule has 0 atom stereocenters. The van der Waals surface area contributed by atoms with Crippen molar-refractivity contribution in [1.29, 1.82) is 5.26 Å². The van der Waals surface area contributed by atoms with Crippen molar-refractivity contribution in [2.75, 3.05) is 25.4 Å². The van der Waals surface area contributed by atoms with E-state index in [1.54, 1.807) is 18.2 Å². The van der Waals surface area contributed by atoms with Crippen LogP contribution < -0.4 is 10.5 Å². The summed E-state index contributed by atoms with van der Waals surface area (Å²) in [6.45, 7) is 1.57. The molecule has 0 unspecified atom stereocenters. The lowest BCUT2D eigenvalue weighted by atomic mass is 10.1. The molecule has 0 radical (unpaired) electrons. The van der Waals surface area contributed by atoms with Gasteiger partial charge in [-0.1, -0.05) is 0 Å². The summed E-state index contributed by atoms with van der Waals surface area (Å²) in [4.78, 5) is 13.7. The summed E-state index contributed by atoms with van der Waals surface area (Å²) < 4.78 is 5.43. The van der Waals surface area contributed by atoms with E-state index in [0.29, 0.717) is 17.0 Å². The van der Waals surface area contributed by atoms with E-state index in [0.717, 1.165) is 25.9 Å². The highest BCUT2D eigenvalue weighted by atomic mass is 16.5. The van der Waals surface area contributed by atoms with Crippen molar-refractivity contribution in [2.45, 2.75) is 19.3 Å². The Morgan fingerprint density at radius 1 is 1.37 bits per heavy atom. The summed E-state index contributed by atoms with van der Waals surface area (Å²) in [5.41, 5.74) is 6.45. The average molecular weight is 259 g/mol. The summed E-state index contributed by atoms with van der Waals surface area (Å²) in [6, 6.07) is 6.83. The van der Waals surface area contributed by atoms with E-state index in [4.69, 9.17) is 15.7 Å². The Balaban J connectivity index is 1.95. The van der Waals surface area contributed by atoms with Gasteiger partial charge in [-0.25, -0.2) is 0 Å². The quantitative estimate of drug-likeness (QED) is 0.835. The van der Waals surface area contributed by atoms with Crippen molar-refractivity contribution in [1.82, 2.24) is 4.90 Å². The SMILES string of the molecule is N#Cc1cc(N)ccc1OCC(=O)N1CCCCC1. The maximum atomic E-state index is 11.9. The Morgan fingerprint density at radius 2 is 2.11 bits per heavy atom. The van der Waals surface area contributed by atoms with Gasteiger partial charge in [-0.15, -0.1) is 0 Å². The number of likely N-dealkylation sites (tertiary alicyclic amines) is 1. The molecule has 1 aromatic rings. The van der Waals surface area contributed by atoms with E-state index in [1.165, 1.54) is 6.42 Å². The Labute approximate surface area is 112 Å². The van der Waals surface area contributed by atoms with Crippen LogP contribution in [0, 0.1) is 11.3 Å². The molecular weight excluding hydrogens is 242 g/mol. The van der Waals surface area contributed by atoms with E-state index in [2.05, 4.69) is 0 Å². The van der Waals surface area contributed by atoms with Crippen LogP contribution in [0.2, 0.25) is 0 Å². The fraction of sp³-hybridized carbons (Fsp3) is 0.429. The zero-order valence-electron chi connectivity index (χ0n) is 10.8. The van der Waals surface area contributed by atoms with E-state index in [9.17, 15) is 4.79 Å². The van der Waals surface area contributed by atoms with Crippen molar-refractivity contribution >= 4 is 11.6 Å². The van der Waals surface area contributed by atoms with Gasteiger partial charge in [0.05, 0.1) is 5.56 Å². The first-order valence-corrected chi connectivity index (χ1v) is 6.41. The van der Waals surface area contributed by atoms with Crippen LogP contribution in [0.3, 0.4) is 0 Å². The number of ether oxygens (including phenoxy) is 1. The van der Waals surface area contributed by atoms with Gasteiger partial charge in [-0.05, 0) is 37.5 Å². The third kappa shape index (κ3) is 3.38. The molecule has 0 aliphatic carbocycles. The van der Waals surface area contributed by atoms with Gasteiger partial charge >= 0.3 is 0 Å². The molecule has 1 aliphatic heterocycles. The highest BCUT2D eigenvalue weighted by Gasteiger charge is 2.17. The normalized spacial score (nSPS) is 14.8. The van der Waals surface area contributed by atoms with Gasteiger partial charge in [0, 0.05) is 18.8 Å². The van der Waals surface area contributed by atoms with Crippen LogP contribution >= 0.6 is 0 Å². The molecule has 0 aromatic heterocycles. The molecule has 1 fully saturated rings. The summed E-state index contributed by atoms with van der Waals surface area (Å²) in [5, 5.41) is 8.98. The molecule has 1 aromatic carbocycles. The van der Waals surface area contributed by atoms with Crippen molar-refractivity contribution < 1.29 is 9.53 Å². The van der Waals surface area contributed by atoms with Gasteiger partial charge in [0.2, 0.25) is 0 Å². The van der Waals surface area contributed by atoms with Gasteiger partial charge in [0.15, 0.2) is 6.61 Å². The minimum Gasteiger partial charge on any atom is -0.482 e. The van der Waals surface area contributed by atoms with Crippen molar-refractivity contribution in [2.24, 2.45) is 0 Å². The number of carbonyl (C=O) groups is 1. The van der Waals surface area contributed by atoms with E-state index >= 15 is 0 Å². The Bertz CT molecular complexity index is 502. The molecule has 1 saturated heterocycles. The molecule has 5 heteroatoms. The fourth-order valence-corrected chi connectivity index (χ4v) is 2.13. The van der Waals surface area contributed by atoms with Gasteiger partial charge in [-0.2, -0.15) is 5.26 Å². The molecule has 19 heavy (non-hydrogen) atoms. The number of nitrogens with two attached hydrogens (primary N) is 1. The third-order valence-electron chi connectivity index (χ3n) is 3.18. The molecular formula is C14H17N3O2. The fourth-order valence-electron chi connectivity index (χ4n) is 2.13. The number of nitriles is 1. The van der Waals surface area contributed by atoms with Crippen molar-refractivity contribution in [3.8, 4) is 11.8 Å². The number of nitrogen functional groups attached to an aromatic ring is 1. The second kappa shape index (κ2) is 6.10. The van der Waals surface area contributed by atoms with Crippen LogP contribution in [-0.4, -0.2) is 30.5 Å². The van der Waals surface area contributed by atoms with Gasteiger partial charge in [0.25, 0.3) is 5.91 Å². The predicted octanol–water partition coefficient (Wildman–Crippen LogP) is 1.53. The number of benzene rings is 1. The first kappa shape index (κ1) is 13.2. The standard InChI is InChI=1S/C14H17N3O2/c15-9-11-8-12(16)4-5-13(11)19-10-14(18)17-6-2-1-3-7-17/h4-5,8H,1-3,6-7,10,16H2. The summed E-state index contributed by atoms with van der Waals surface area (Å²) in [5.74, 6) is 0.377. The van der Waals surface area contributed by atoms with Crippen molar-refractivity contribution in [3.05, 3.63) is 23.8 Å². The number of carbonyl (C=O) groups excluding carboxylic acids is 1. The molecule has 0 saturated carbocycles. The zero-order valence-corrected chi connectivity index (χ0v) is 10.8. The number of rotatable bonds is 3. The number of amides is 1. The minimum atomic E-state index is -0.0292. The Morgan fingerprint density at radius 3 is 2.79 bits per heavy atom. The zero-order chi connectivity index (χ0) is 13.7. The molecule has 1 amide bonds. The number of hydrogen-bond acceptors (Lipinski definition) is 4. The maximum Gasteiger partial charge on any atom is 0.260 e. The molecule has 2 rings (SSSR count). The molecule has 1 aliphatic rings. The highest BCUT2D eigenvalue weighted by molar-refractivity contribution is 5.78. The monoisotopic (exact) mass is 259 g/mol. The lowest BCUT2D eigenvalue weighted by Gasteiger charge is -2.26.